The smallest absolute Gasteiger partial charge is 0.276 e. The molecule has 0 radical (unpaired) electrons. The molecule has 3 heterocycles. The minimum absolute atomic E-state index is 0.0754. The summed E-state index contributed by atoms with van der Waals surface area (Å²) in [6, 6.07) is -0.108. The van der Waals surface area contributed by atoms with E-state index in [0.29, 0.717) is 13.2 Å². The summed E-state index contributed by atoms with van der Waals surface area (Å²) >= 11 is 0. The number of ether oxygens (including phenoxy) is 1. The second kappa shape index (κ2) is 4.17. The molecule has 1 saturated heterocycles. The molecule has 0 aromatic carbocycles. The second-order valence-corrected chi connectivity index (χ2v) is 5.13. The Labute approximate surface area is 114 Å². The maximum Gasteiger partial charge on any atom is 0.276 e. The number of rotatable bonds is 1. The number of aromatic hydroxyl groups is 1. The van der Waals surface area contributed by atoms with Crippen LogP contribution in [-0.4, -0.2) is 45.1 Å². The van der Waals surface area contributed by atoms with Crippen LogP contribution < -0.4 is 5.43 Å². The summed E-state index contributed by atoms with van der Waals surface area (Å²) in [5.74, 6) is -1.56. The number of pyridine rings is 1. The van der Waals surface area contributed by atoms with E-state index in [1.807, 2.05) is 6.92 Å². The molecule has 1 aromatic rings. The molecule has 0 aliphatic carbocycles. The maximum atomic E-state index is 12.4. The summed E-state index contributed by atoms with van der Waals surface area (Å²) in [6.45, 7) is 3.79. The van der Waals surface area contributed by atoms with Crippen molar-refractivity contribution in [3.63, 3.8) is 0 Å². The third-order valence-electron chi connectivity index (χ3n) is 3.74. The van der Waals surface area contributed by atoms with Crippen molar-refractivity contribution in [2.45, 2.75) is 32.7 Å². The van der Waals surface area contributed by atoms with Crippen LogP contribution in [0.2, 0.25) is 0 Å². The van der Waals surface area contributed by atoms with Crippen molar-refractivity contribution in [1.29, 1.82) is 0 Å². The standard InChI is InChI=1S/C13H14N2O5/c1-6-5-20-9-4-14-3-8(7(2)16)11(17)12(18)10(14)13(19)15(6)9/h3,6,9,18H,4-5H2,1-2H3/t6-,9+/m0/s1. The van der Waals surface area contributed by atoms with Crippen molar-refractivity contribution in [3.05, 3.63) is 27.7 Å². The van der Waals surface area contributed by atoms with E-state index in [1.54, 1.807) is 0 Å². The first-order chi connectivity index (χ1) is 9.41. The second-order valence-electron chi connectivity index (χ2n) is 5.13. The maximum absolute atomic E-state index is 12.4. The van der Waals surface area contributed by atoms with Gasteiger partial charge in [-0.2, -0.15) is 0 Å². The Morgan fingerprint density at radius 1 is 1.45 bits per heavy atom. The number of nitrogens with zero attached hydrogens (tertiary/aromatic N) is 2. The molecule has 2 aliphatic rings. The third-order valence-corrected chi connectivity index (χ3v) is 3.74. The Kier molecular flexibility index (Phi) is 2.68. The predicted molar refractivity (Wildman–Crippen MR) is 67.7 cm³/mol. The topological polar surface area (TPSA) is 88.8 Å². The average Bonchev–Trinajstić information content (AvgIpc) is 2.75. The first-order valence-electron chi connectivity index (χ1n) is 6.33. The lowest BCUT2D eigenvalue weighted by Crippen LogP contribution is -2.48. The molecule has 1 aromatic heterocycles. The summed E-state index contributed by atoms with van der Waals surface area (Å²) in [6.07, 6.45) is 0.896. The van der Waals surface area contributed by atoms with Gasteiger partial charge >= 0.3 is 0 Å². The highest BCUT2D eigenvalue weighted by Crippen LogP contribution is 2.29. The van der Waals surface area contributed by atoms with Crippen LogP contribution >= 0.6 is 0 Å². The van der Waals surface area contributed by atoms with Gasteiger partial charge in [0.25, 0.3) is 5.91 Å². The Bertz CT molecular complexity index is 678. The molecule has 1 amide bonds. The lowest BCUT2D eigenvalue weighted by molar-refractivity contribution is 0.00626. The minimum Gasteiger partial charge on any atom is -0.503 e. The molecule has 7 nitrogen and oxygen atoms in total. The molecule has 2 atom stereocenters. The summed E-state index contributed by atoms with van der Waals surface area (Å²) in [5.41, 5.74) is -1.00. The number of amides is 1. The van der Waals surface area contributed by atoms with Gasteiger partial charge in [0.1, 0.15) is 0 Å². The van der Waals surface area contributed by atoms with Crippen LogP contribution in [0.1, 0.15) is 34.7 Å². The van der Waals surface area contributed by atoms with E-state index < -0.39 is 29.1 Å². The molecule has 1 fully saturated rings. The number of hydrogen-bond acceptors (Lipinski definition) is 5. The van der Waals surface area contributed by atoms with Crippen LogP contribution in [0.3, 0.4) is 0 Å². The quantitative estimate of drug-likeness (QED) is 0.728. The molecule has 3 rings (SSSR count). The summed E-state index contributed by atoms with van der Waals surface area (Å²) in [7, 11) is 0. The zero-order chi connectivity index (χ0) is 14.6. The number of hydrogen-bond donors (Lipinski definition) is 1. The number of aromatic nitrogens is 1. The van der Waals surface area contributed by atoms with Gasteiger partial charge in [0, 0.05) is 6.20 Å². The van der Waals surface area contributed by atoms with Crippen LogP contribution in [0.5, 0.6) is 5.75 Å². The van der Waals surface area contributed by atoms with Gasteiger partial charge in [0.2, 0.25) is 5.43 Å². The highest BCUT2D eigenvalue weighted by molar-refractivity contribution is 5.99. The van der Waals surface area contributed by atoms with Gasteiger partial charge in [-0.15, -0.1) is 0 Å². The van der Waals surface area contributed by atoms with Gasteiger partial charge in [0.15, 0.2) is 23.5 Å². The molecule has 106 valence electrons. The van der Waals surface area contributed by atoms with E-state index in [1.165, 1.54) is 22.6 Å². The van der Waals surface area contributed by atoms with Gasteiger partial charge in [-0.05, 0) is 13.8 Å². The number of fused-ring (bicyclic) bond motifs is 2. The van der Waals surface area contributed by atoms with Crippen molar-refractivity contribution in [2.75, 3.05) is 6.61 Å². The van der Waals surface area contributed by atoms with Crippen molar-refractivity contribution >= 4 is 11.7 Å². The molecule has 1 N–H and O–H groups in total. The van der Waals surface area contributed by atoms with Crippen molar-refractivity contribution in [3.8, 4) is 5.75 Å². The van der Waals surface area contributed by atoms with E-state index in [-0.39, 0.29) is 17.3 Å². The highest BCUT2D eigenvalue weighted by atomic mass is 16.5. The summed E-state index contributed by atoms with van der Waals surface area (Å²) < 4.78 is 6.93. The van der Waals surface area contributed by atoms with Crippen LogP contribution in [0.4, 0.5) is 0 Å². The molecular weight excluding hydrogens is 264 g/mol. The zero-order valence-electron chi connectivity index (χ0n) is 11.1. The SMILES string of the molecule is CC(=O)c1cn2c(c(O)c1=O)C(=O)N1[C@@H](C)CO[C@@H]1C2. The van der Waals surface area contributed by atoms with Crippen LogP contribution in [0.25, 0.3) is 0 Å². The normalized spacial score (nSPS) is 24.5. The van der Waals surface area contributed by atoms with Gasteiger partial charge in [0.05, 0.1) is 24.8 Å². The highest BCUT2D eigenvalue weighted by Gasteiger charge is 2.42. The van der Waals surface area contributed by atoms with Crippen molar-refractivity contribution in [1.82, 2.24) is 9.47 Å². The van der Waals surface area contributed by atoms with E-state index >= 15 is 0 Å². The lowest BCUT2D eigenvalue weighted by atomic mass is 10.1. The zero-order valence-corrected chi connectivity index (χ0v) is 11.1. The number of Topliss-reactive ketones (excluding diaryl/α,β-unsaturated/α-hetero) is 1. The largest absolute Gasteiger partial charge is 0.503 e. The van der Waals surface area contributed by atoms with E-state index in [2.05, 4.69) is 0 Å². The van der Waals surface area contributed by atoms with Gasteiger partial charge in [-0.3, -0.25) is 14.4 Å². The van der Waals surface area contributed by atoms with Crippen molar-refractivity contribution < 1.29 is 19.4 Å². The Morgan fingerprint density at radius 2 is 2.15 bits per heavy atom. The van der Waals surface area contributed by atoms with Gasteiger partial charge in [-0.25, -0.2) is 0 Å². The minimum atomic E-state index is -0.802. The molecule has 20 heavy (non-hydrogen) atoms. The van der Waals surface area contributed by atoms with Crippen LogP contribution in [-0.2, 0) is 11.3 Å². The van der Waals surface area contributed by atoms with E-state index in [0.717, 1.165) is 0 Å². The Hall–Kier alpha value is -2.15. The fourth-order valence-corrected chi connectivity index (χ4v) is 2.73. The number of carbonyl (C=O) groups is 2. The monoisotopic (exact) mass is 278 g/mol. The van der Waals surface area contributed by atoms with Gasteiger partial charge < -0.3 is 19.3 Å². The first kappa shape index (κ1) is 12.9. The molecule has 0 unspecified atom stereocenters. The molecule has 0 saturated carbocycles. The fourth-order valence-electron chi connectivity index (χ4n) is 2.73. The fraction of sp³-hybridized carbons (Fsp3) is 0.462. The van der Waals surface area contributed by atoms with Crippen molar-refractivity contribution in [2.24, 2.45) is 0 Å². The van der Waals surface area contributed by atoms with Crippen LogP contribution in [0, 0.1) is 0 Å². The Balaban J connectivity index is 2.21. The molecule has 0 bridgehead atoms. The number of carbonyl (C=O) groups excluding carboxylic acids is 2. The number of ketones is 1. The molecule has 2 aliphatic heterocycles. The van der Waals surface area contributed by atoms with E-state index in [4.69, 9.17) is 4.74 Å². The predicted octanol–water partition coefficient (Wildman–Crippen LogP) is -0.0429. The molecule has 0 spiro atoms. The summed E-state index contributed by atoms with van der Waals surface area (Å²) in [5, 5.41) is 9.98. The summed E-state index contributed by atoms with van der Waals surface area (Å²) in [4.78, 5) is 37.2. The lowest BCUT2D eigenvalue weighted by Gasteiger charge is -2.33. The molecule has 7 heteroatoms. The van der Waals surface area contributed by atoms with Crippen LogP contribution in [0.15, 0.2) is 11.0 Å². The van der Waals surface area contributed by atoms with E-state index in [9.17, 15) is 19.5 Å². The molecular formula is C13H14N2O5. The first-order valence-corrected chi connectivity index (χ1v) is 6.33. The third kappa shape index (κ3) is 1.59. The Morgan fingerprint density at radius 3 is 2.80 bits per heavy atom. The van der Waals surface area contributed by atoms with Gasteiger partial charge in [-0.1, -0.05) is 0 Å². The average molecular weight is 278 g/mol.